The van der Waals surface area contributed by atoms with Crippen LogP contribution in [0.3, 0.4) is 0 Å². The average Bonchev–Trinajstić information content (AvgIpc) is 3.54. The minimum Gasteiger partial charge on any atom is -0.481 e. The lowest BCUT2D eigenvalue weighted by Crippen LogP contribution is -2.40. The molecular formula is C26H30N2O5. The molecule has 1 fully saturated rings. The molecule has 0 radical (unpaired) electrons. The van der Waals surface area contributed by atoms with E-state index in [9.17, 15) is 14.4 Å². The van der Waals surface area contributed by atoms with Gasteiger partial charge in [0.25, 0.3) is 0 Å². The van der Waals surface area contributed by atoms with E-state index in [1.807, 2.05) is 31.2 Å². The Morgan fingerprint density at radius 3 is 2.24 bits per heavy atom. The molecule has 0 aromatic heterocycles. The number of alkyl carbamates (subject to hydrolysis) is 1. The Hall–Kier alpha value is -3.35. The second-order valence-electron chi connectivity index (χ2n) is 8.88. The van der Waals surface area contributed by atoms with Gasteiger partial charge in [-0.1, -0.05) is 61.9 Å². The fourth-order valence-corrected chi connectivity index (χ4v) is 4.68. The van der Waals surface area contributed by atoms with Gasteiger partial charge in [0.2, 0.25) is 5.91 Å². The Morgan fingerprint density at radius 2 is 1.67 bits per heavy atom. The van der Waals surface area contributed by atoms with Gasteiger partial charge in [-0.15, -0.1) is 0 Å². The Labute approximate surface area is 193 Å². The molecule has 0 aliphatic heterocycles. The van der Waals surface area contributed by atoms with E-state index in [4.69, 9.17) is 9.84 Å². The number of carboxylic acids is 1. The summed E-state index contributed by atoms with van der Waals surface area (Å²) in [6.45, 7) is 2.75. The van der Waals surface area contributed by atoms with E-state index in [1.54, 1.807) is 0 Å². The largest absolute Gasteiger partial charge is 0.481 e. The van der Waals surface area contributed by atoms with E-state index in [0.29, 0.717) is 19.4 Å². The smallest absolute Gasteiger partial charge is 0.407 e. The minimum atomic E-state index is -0.809. The highest BCUT2D eigenvalue weighted by Crippen LogP contribution is 2.44. The van der Waals surface area contributed by atoms with Gasteiger partial charge in [-0.25, -0.2) is 4.79 Å². The second-order valence-corrected chi connectivity index (χ2v) is 8.88. The standard InChI is InChI=1S/C26H30N2O5/c1-2-7-16(24(29)27-14-17-12-22(17)25(30)31)13-28-26(32)33-15-23-20-10-5-3-8-18(20)19-9-4-6-11-21(19)23/h3-6,8-11,16-17,22-23H,2,7,12-15H2,1H3,(H,27,29)(H,28,32)(H,30,31)/t16?,17-,22-/m1/s1. The van der Waals surface area contributed by atoms with Crippen molar-refractivity contribution in [2.45, 2.75) is 32.1 Å². The monoisotopic (exact) mass is 450 g/mol. The quantitative estimate of drug-likeness (QED) is 0.511. The first-order valence-corrected chi connectivity index (χ1v) is 11.6. The summed E-state index contributed by atoms with van der Waals surface area (Å²) in [6, 6.07) is 16.3. The summed E-state index contributed by atoms with van der Waals surface area (Å²) >= 11 is 0. The van der Waals surface area contributed by atoms with Crippen LogP contribution in [0.15, 0.2) is 48.5 Å². The van der Waals surface area contributed by atoms with Crippen molar-refractivity contribution >= 4 is 18.0 Å². The van der Waals surface area contributed by atoms with Crippen LogP contribution in [-0.4, -0.2) is 42.8 Å². The molecule has 1 saturated carbocycles. The van der Waals surface area contributed by atoms with Gasteiger partial charge in [-0.3, -0.25) is 9.59 Å². The van der Waals surface area contributed by atoms with E-state index in [-0.39, 0.29) is 42.7 Å². The molecule has 2 aliphatic carbocycles. The topological polar surface area (TPSA) is 105 Å². The molecule has 0 heterocycles. The molecule has 7 nitrogen and oxygen atoms in total. The summed E-state index contributed by atoms with van der Waals surface area (Å²) in [4.78, 5) is 35.9. The van der Waals surface area contributed by atoms with E-state index in [2.05, 4.69) is 34.9 Å². The minimum absolute atomic E-state index is 0.00354. The van der Waals surface area contributed by atoms with Gasteiger partial charge >= 0.3 is 12.1 Å². The zero-order valence-corrected chi connectivity index (χ0v) is 18.8. The predicted octanol–water partition coefficient (Wildman–Crippen LogP) is 3.78. The maximum absolute atomic E-state index is 12.5. The van der Waals surface area contributed by atoms with Crippen molar-refractivity contribution in [1.82, 2.24) is 10.6 Å². The van der Waals surface area contributed by atoms with Crippen LogP contribution in [0.25, 0.3) is 11.1 Å². The molecule has 0 spiro atoms. The fraction of sp³-hybridized carbons (Fsp3) is 0.423. The molecule has 174 valence electrons. The van der Waals surface area contributed by atoms with Crippen molar-refractivity contribution in [3.63, 3.8) is 0 Å². The Balaban J connectivity index is 1.27. The van der Waals surface area contributed by atoms with Gasteiger partial charge in [0.05, 0.1) is 11.8 Å². The van der Waals surface area contributed by atoms with Crippen LogP contribution in [0.1, 0.15) is 43.2 Å². The zero-order valence-electron chi connectivity index (χ0n) is 18.8. The molecule has 2 aromatic rings. The van der Waals surface area contributed by atoms with Gasteiger partial charge in [-0.05, 0) is 41.0 Å². The number of hydrogen-bond donors (Lipinski definition) is 3. The Morgan fingerprint density at radius 1 is 1.03 bits per heavy atom. The van der Waals surface area contributed by atoms with Crippen LogP contribution < -0.4 is 10.6 Å². The number of fused-ring (bicyclic) bond motifs is 3. The van der Waals surface area contributed by atoms with Gasteiger partial charge in [0.15, 0.2) is 0 Å². The zero-order chi connectivity index (χ0) is 23.4. The van der Waals surface area contributed by atoms with Gasteiger partial charge < -0.3 is 20.5 Å². The van der Waals surface area contributed by atoms with Crippen molar-refractivity contribution in [3.05, 3.63) is 59.7 Å². The summed E-state index contributed by atoms with van der Waals surface area (Å²) < 4.78 is 5.55. The molecule has 2 aliphatic rings. The third-order valence-electron chi connectivity index (χ3n) is 6.62. The number of ether oxygens (including phenoxy) is 1. The molecule has 3 atom stereocenters. The Kier molecular flexibility index (Phi) is 6.96. The van der Waals surface area contributed by atoms with E-state index in [0.717, 1.165) is 17.5 Å². The lowest BCUT2D eigenvalue weighted by atomic mass is 9.98. The number of aliphatic carboxylic acids is 1. The third-order valence-corrected chi connectivity index (χ3v) is 6.62. The molecule has 33 heavy (non-hydrogen) atoms. The molecule has 0 bridgehead atoms. The first-order chi connectivity index (χ1) is 16.0. The van der Waals surface area contributed by atoms with Crippen LogP contribution in [0.5, 0.6) is 0 Å². The molecule has 2 aromatic carbocycles. The van der Waals surface area contributed by atoms with Crippen molar-refractivity contribution < 1.29 is 24.2 Å². The van der Waals surface area contributed by atoms with Crippen LogP contribution in [0.4, 0.5) is 4.79 Å². The number of carbonyl (C=O) groups is 3. The van der Waals surface area contributed by atoms with Crippen LogP contribution in [-0.2, 0) is 14.3 Å². The number of rotatable bonds is 10. The molecule has 4 rings (SSSR count). The van der Waals surface area contributed by atoms with Crippen LogP contribution >= 0.6 is 0 Å². The lowest BCUT2D eigenvalue weighted by molar-refractivity contribution is -0.139. The summed E-state index contributed by atoms with van der Waals surface area (Å²) in [5, 5.41) is 14.6. The summed E-state index contributed by atoms with van der Waals surface area (Å²) in [5.41, 5.74) is 4.63. The highest BCUT2D eigenvalue weighted by molar-refractivity contribution is 5.81. The SMILES string of the molecule is CCCC(CNC(=O)OCC1c2ccccc2-c2ccccc21)C(=O)NC[C@H]1C[C@H]1C(=O)O. The average molecular weight is 451 g/mol. The van der Waals surface area contributed by atoms with Gasteiger partial charge in [0, 0.05) is 19.0 Å². The fourth-order valence-electron chi connectivity index (χ4n) is 4.68. The van der Waals surface area contributed by atoms with Crippen molar-refractivity contribution in [2.75, 3.05) is 19.7 Å². The first-order valence-electron chi connectivity index (χ1n) is 11.6. The van der Waals surface area contributed by atoms with E-state index in [1.165, 1.54) is 11.1 Å². The predicted molar refractivity (Wildman–Crippen MR) is 124 cm³/mol. The van der Waals surface area contributed by atoms with E-state index >= 15 is 0 Å². The first kappa shape index (κ1) is 22.8. The third kappa shape index (κ3) is 5.18. The maximum atomic E-state index is 12.5. The second kappa shape index (κ2) is 10.1. The lowest BCUT2D eigenvalue weighted by Gasteiger charge is -2.18. The summed E-state index contributed by atoms with van der Waals surface area (Å²) in [6.07, 6.45) is 1.49. The molecule has 0 saturated heterocycles. The van der Waals surface area contributed by atoms with Crippen molar-refractivity contribution in [3.8, 4) is 11.1 Å². The molecule has 1 unspecified atom stereocenters. The van der Waals surface area contributed by atoms with Crippen molar-refractivity contribution in [1.29, 1.82) is 0 Å². The van der Waals surface area contributed by atoms with E-state index < -0.39 is 12.1 Å². The highest BCUT2D eigenvalue weighted by Gasteiger charge is 2.43. The molecule has 3 N–H and O–H groups in total. The molecule has 2 amide bonds. The maximum Gasteiger partial charge on any atom is 0.407 e. The molecular weight excluding hydrogens is 420 g/mol. The number of carbonyl (C=O) groups excluding carboxylic acids is 2. The Bertz CT molecular complexity index is 991. The van der Waals surface area contributed by atoms with Gasteiger partial charge in [0.1, 0.15) is 6.61 Å². The number of benzene rings is 2. The summed E-state index contributed by atoms with van der Waals surface area (Å²) in [5.74, 6) is -1.71. The van der Waals surface area contributed by atoms with Gasteiger partial charge in [-0.2, -0.15) is 0 Å². The van der Waals surface area contributed by atoms with Crippen LogP contribution in [0.2, 0.25) is 0 Å². The number of amides is 2. The highest BCUT2D eigenvalue weighted by atomic mass is 16.5. The van der Waals surface area contributed by atoms with Crippen LogP contribution in [0, 0.1) is 17.8 Å². The van der Waals surface area contributed by atoms with Crippen molar-refractivity contribution in [2.24, 2.45) is 17.8 Å². The number of hydrogen-bond acceptors (Lipinski definition) is 4. The number of carboxylic acid groups (broad SMARTS) is 1. The normalized spacial score (nSPS) is 19.2. The number of nitrogens with one attached hydrogen (secondary N) is 2. The summed E-state index contributed by atoms with van der Waals surface area (Å²) in [7, 11) is 0. The molecule has 7 heteroatoms.